The van der Waals surface area contributed by atoms with Crippen LogP contribution in [0.5, 0.6) is 0 Å². The number of hydrogen-bond donors (Lipinski definition) is 2. The number of hydrogen-bond acceptors (Lipinski definition) is 12. The highest BCUT2D eigenvalue weighted by atomic mass is 32.1. The molecule has 15 heteroatoms. The maximum atomic E-state index is 13.1. The lowest BCUT2D eigenvalue weighted by molar-refractivity contribution is -0.136. The Hall–Kier alpha value is -5.72. The lowest BCUT2D eigenvalue weighted by atomic mass is 9.85. The van der Waals surface area contributed by atoms with Crippen molar-refractivity contribution < 1.29 is 14.4 Å². The topological polar surface area (TPSA) is 165 Å². The Kier molecular flexibility index (Phi) is 11.0. The van der Waals surface area contributed by atoms with E-state index in [4.69, 9.17) is 4.98 Å². The number of amides is 3. The van der Waals surface area contributed by atoms with Gasteiger partial charge in [0, 0.05) is 75.2 Å². The number of piperidine rings is 2. The smallest absolute Gasteiger partial charge is 0.254 e. The average Bonchev–Trinajstić information content (AvgIpc) is 3.91. The first kappa shape index (κ1) is 38.2. The monoisotopic (exact) mass is 785 g/mol. The number of nitrogens with zero attached hydrogens (tertiary/aromatic N) is 9. The number of aromatic nitrogens is 5. The third-order valence-corrected chi connectivity index (χ3v) is 13.2. The molecule has 1 aromatic carbocycles. The van der Waals surface area contributed by atoms with Gasteiger partial charge >= 0.3 is 0 Å². The van der Waals surface area contributed by atoms with E-state index in [9.17, 15) is 19.6 Å². The first-order chi connectivity index (χ1) is 27.7. The summed E-state index contributed by atoms with van der Waals surface area (Å²) in [6.07, 6.45) is 10.7. The second-order valence-electron chi connectivity index (χ2n) is 15.5. The van der Waals surface area contributed by atoms with E-state index in [-0.39, 0.29) is 18.2 Å². The van der Waals surface area contributed by atoms with E-state index < -0.39 is 11.9 Å². The van der Waals surface area contributed by atoms with E-state index in [0.29, 0.717) is 35.4 Å². The minimum atomic E-state index is -0.634. The number of carbonyl (C=O) groups is 3. The van der Waals surface area contributed by atoms with Crippen LogP contribution in [0, 0.1) is 17.2 Å². The molecule has 1 atom stereocenters. The molecule has 0 bridgehead atoms. The molecule has 57 heavy (non-hydrogen) atoms. The number of pyridine rings is 1. The van der Waals surface area contributed by atoms with E-state index in [1.807, 2.05) is 61.8 Å². The van der Waals surface area contributed by atoms with Crippen LogP contribution in [0.4, 0.5) is 11.4 Å². The molecule has 2 N–H and O–H groups in total. The Morgan fingerprint density at radius 3 is 2.47 bits per heavy atom. The van der Waals surface area contributed by atoms with Gasteiger partial charge in [-0.2, -0.15) is 10.4 Å². The molecule has 0 radical (unpaired) electrons. The lowest BCUT2D eigenvalue weighted by Crippen LogP contribution is -2.52. The van der Waals surface area contributed by atoms with Crippen molar-refractivity contribution in [3.63, 3.8) is 0 Å². The second-order valence-corrected chi connectivity index (χ2v) is 16.5. The Morgan fingerprint density at radius 2 is 1.75 bits per heavy atom. The van der Waals surface area contributed by atoms with Gasteiger partial charge in [-0.15, -0.1) is 10.2 Å². The van der Waals surface area contributed by atoms with Crippen LogP contribution in [0.2, 0.25) is 0 Å². The fourth-order valence-corrected chi connectivity index (χ4v) is 9.68. The maximum Gasteiger partial charge on any atom is 0.254 e. The summed E-state index contributed by atoms with van der Waals surface area (Å²) in [5.41, 5.74) is 6.47. The molecule has 3 amide bonds. The van der Waals surface area contributed by atoms with Crippen molar-refractivity contribution in [2.75, 3.05) is 51.0 Å². The first-order valence-electron chi connectivity index (χ1n) is 19.7. The van der Waals surface area contributed by atoms with Gasteiger partial charge in [0.25, 0.3) is 5.91 Å². The van der Waals surface area contributed by atoms with Gasteiger partial charge in [0.2, 0.25) is 11.8 Å². The van der Waals surface area contributed by atoms with Crippen molar-refractivity contribution in [1.82, 2.24) is 39.9 Å². The molecular formula is C42H47N11O3S. The van der Waals surface area contributed by atoms with E-state index in [0.717, 1.165) is 102 Å². The summed E-state index contributed by atoms with van der Waals surface area (Å²) < 4.78 is 1.80. The van der Waals surface area contributed by atoms with Gasteiger partial charge in [0.05, 0.1) is 34.2 Å². The van der Waals surface area contributed by atoms with Crippen molar-refractivity contribution >= 4 is 45.9 Å². The van der Waals surface area contributed by atoms with E-state index in [2.05, 4.69) is 48.8 Å². The highest BCUT2D eigenvalue weighted by molar-refractivity contribution is 7.14. The molecule has 0 spiro atoms. The Balaban J connectivity index is 0.808. The third-order valence-electron chi connectivity index (χ3n) is 12.0. The fourth-order valence-electron chi connectivity index (χ4n) is 8.64. The molecule has 6 heterocycles. The minimum Gasteiger partial charge on any atom is -0.387 e. The molecule has 1 saturated carbocycles. The molecule has 4 aromatic heterocycles. The average molecular weight is 786 g/mol. The summed E-state index contributed by atoms with van der Waals surface area (Å²) in [6.45, 7) is 3.05. The van der Waals surface area contributed by atoms with Gasteiger partial charge in [-0.05, 0) is 106 Å². The van der Waals surface area contributed by atoms with Crippen LogP contribution in [0.25, 0.3) is 27.5 Å². The molecule has 14 nitrogen and oxygen atoms in total. The molecular weight excluding hydrogens is 739 g/mol. The second kappa shape index (κ2) is 16.4. The summed E-state index contributed by atoms with van der Waals surface area (Å²) in [5, 5.41) is 30.6. The van der Waals surface area contributed by atoms with Crippen molar-refractivity contribution in [1.29, 1.82) is 5.26 Å². The van der Waals surface area contributed by atoms with Crippen LogP contribution in [0.15, 0.2) is 60.9 Å². The Bertz CT molecular complexity index is 2320. The van der Waals surface area contributed by atoms with Crippen LogP contribution in [0.1, 0.15) is 78.2 Å². The molecule has 2 aliphatic heterocycles. The zero-order valence-electron chi connectivity index (χ0n) is 32.5. The lowest BCUT2D eigenvalue weighted by Gasteiger charge is -2.39. The molecule has 3 fully saturated rings. The van der Waals surface area contributed by atoms with Gasteiger partial charge in [0.15, 0.2) is 5.01 Å². The number of likely N-dealkylation sites (N-methyl/N-ethyl adjacent to an activating group) is 1. The number of rotatable bonds is 10. The molecule has 2 saturated heterocycles. The van der Waals surface area contributed by atoms with Crippen LogP contribution in [-0.4, -0.2) is 105 Å². The van der Waals surface area contributed by atoms with Crippen LogP contribution in [-0.2, 0) is 9.59 Å². The predicted molar refractivity (Wildman–Crippen MR) is 219 cm³/mol. The zero-order chi connectivity index (χ0) is 39.6. The van der Waals surface area contributed by atoms with Crippen LogP contribution in [0.3, 0.4) is 0 Å². The van der Waals surface area contributed by atoms with Crippen molar-refractivity contribution in [3.05, 3.63) is 77.1 Å². The standard InChI is InChI=1S/C42H47N11O3S/c1-44-34-21-35(36-13-12-32-20-27(22-43)23-46-53(32)36)45-24-33(34)41-49-48-40(57-41)28-4-8-30(9-5-28)50(2)25-26-16-18-52(19-17-26)31-10-6-29(7-11-31)42(56)51(3)37-14-15-38(54)47-39(37)55/h6-7,10-13,20-21,23-24,26,28,30,37H,4-5,8-9,14-19,25H2,1-3H3,(H,44,45)(H,47,54,55). The van der Waals surface area contributed by atoms with E-state index in [1.54, 1.807) is 29.1 Å². The summed E-state index contributed by atoms with van der Waals surface area (Å²) in [4.78, 5) is 48.1. The summed E-state index contributed by atoms with van der Waals surface area (Å²) in [5.74, 6) is 0.125. The highest BCUT2D eigenvalue weighted by Gasteiger charge is 2.33. The largest absolute Gasteiger partial charge is 0.387 e. The zero-order valence-corrected chi connectivity index (χ0v) is 33.3. The number of nitrogens with one attached hydrogen (secondary N) is 2. The number of imide groups is 1. The van der Waals surface area contributed by atoms with Gasteiger partial charge in [-0.1, -0.05) is 11.3 Å². The number of anilines is 2. The molecule has 1 aliphatic carbocycles. The number of benzene rings is 1. The van der Waals surface area contributed by atoms with Crippen molar-refractivity contribution in [2.24, 2.45) is 5.92 Å². The van der Waals surface area contributed by atoms with E-state index in [1.165, 1.54) is 4.90 Å². The number of nitriles is 1. The van der Waals surface area contributed by atoms with Gasteiger partial charge in [0.1, 0.15) is 17.1 Å². The quantitative estimate of drug-likeness (QED) is 0.170. The Labute approximate surface area is 335 Å². The van der Waals surface area contributed by atoms with Gasteiger partial charge in [-0.3, -0.25) is 24.7 Å². The first-order valence-corrected chi connectivity index (χ1v) is 20.6. The fraction of sp³-hybridized carbons (Fsp3) is 0.429. The number of carbonyl (C=O) groups excluding carboxylic acids is 3. The maximum absolute atomic E-state index is 13.1. The molecule has 294 valence electrons. The van der Waals surface area contributed by atoms with Gasteiger partial charge in [-0.25, -0.2) is 4.52 Å². The minimum absolute atomic E-state index is 0.221. The molecule has 5 aromatic rings. The molecule has 1 unspecified atom stereocenters. The van der Waals surface area contributed by atoms with E-state index >= 15 is 0 Å². The van der Waals surface area contributed by atoms with Crippen LogP contribution < -0.4 is 15.5 Å². The highest BCUT2D eigenvalue weighted by Crippen LogP contribution is 2.40. The third kappa shape index (κ3) is 7.97. The number of fused-ring (bicyclic) bond motifs is 1. The summed E-state index contributed by atoms with van der Waals surface area (Å²) in [7, 11) is 5.81. The summed E-state index contributed by atoms with van der Waals surface area (Å²) >= 11 is 1.67. The SMILES string of the molecule is CNc1cc(-c2ccc3cc(C#N)cnn23)ncc1-c1nnc(C2CCC(N(C)CC3CCN(c4ccc(C(=O)N(C)C5CCC(=O)NC5=O)cc4)CC3)CC2)s1. The molecule has 3 aliphatic rings. The normalized spacial score (nSPS) is 20.4. The predicted octanol–water partition coefficient (Wildman–Crippen LogP) is 5.58. The summed E-state index contributed by atoms with van der Waals surface area (Å²) in [6, 6.07) is 17.5. The van der Waals surface area contributed by atoms with Crippen molar-refractivity contribution in [3.8, 4) is 28.0 Å². The van der Waals surface area contributed by atoms with Crippen LogP contribution >= 0.6 is 11.3 Å². The molecule has 8 rings (SSSR count). The Morgan fingerprint density at radius 1 is 0.982 bits per heavy atom. The van der Waals surface area contributed by atoms with Crippen molar-refractivity contribution in [2.45, 2.75) is 69.4 Å². The van der Waals surface area contributed by atoms with Gasteiger partial charge < -0.3 is 20.0 Å².